The molecule has 0 fully saturated rings. The molecule has 6 heteroatoms. The maximum Gasteiger partial charge on any atom is 0.325 e. The van der Waals surface area contributed by atoms with Crippen LogP contribution in [0, 0.1) is 0 Å². The van der Waals surface area contributed by atoms with Gasteiger partial charge in [-0.15, -0.1) is 0 Å². The molecule has 2 aromatic heterocycles. The normalized spacial score (nSPS) is 10.5. The number of carbonyl (C=O) groups is 1. The third kappa shape index (κ3) is 2.52. The topological polar surface area (TPSA) is 59.7 Å². The molecule has 90 valence electrons. The average molecular weight is 234 g/mol. The molecule has 2 heterocycles. The van der Waals surface area contributed by atoms with E-state index in [1.807, 2.05) is 6.07 Å². The minimum absolute atomic E-state index is 0.186. The monoisotopic (exact) mass is 234 g/mol. The number of ether oxygens (including phenoxy) is 1. The van der Waals surface area contributed by atoms with Crippen molar-refractivity contribution in [3.8, 4) is 0 Å². The molecular weight excluding hydrogens is 220 g/mol. The zero-order valence-electron chi connectivity index (χ0n) is 9.83. The van der Waals surface area contributed by atoms with E-state index in [-0.39, 0.29) is 12.5 Å². The van der Waals surface area contributed by atoms with E-state index in [1.165, 1.54) is 0 Å². The number of likely N-dealkylation sites (N-methyl/N-ethyl adjacent to an activating group) is 1. The molecule has 0 spiro atoms. The fourth-order valence-electron chi connectivity index (χ4n) is 1.50. The number of hydrogen-bond acceptors (Lipinski definition) is 5. The maximum atomic E-state index is 11.3. The minimum atomic E-state index is -0.259. The first-order valence-electron chi connectivity index (χ1n) is 5.38. The van der Waals surface area contributed by atoms with Crippen molar-refractivity contribution in [2.75, 3.05) is 25.1 Å². The number of carbonyl (C=O) groups excluding carboxylic acids is 1. The molecular formula is C11H14N4O2. The molecule has 0 aliphatic carbocycles. The highest BCUT2D eigenvalue weighted by Crippen LogP contribution is 2.10. The third-order valence-corrected chi connectivity index (χ3v) is 2.31. The van der Waals surface area contributed by atoms with Crippen LogP contribution in [0.5, 0.6) is 0 Å². The lowest BCUT2D eigenvalue weighted by atomic mass is 10.5. The van der Waals surface area contributed by atoms with Gasteiger partial charge in [0, 0.05) is 19.3 Å². The van der Waals surface area contributed by atoms with Gasteiger partial charge in [-0.1, -0.05) is 0 Å². The van der Waals surface area contributed by atoms with Crippen LogP contribution in [0.3, 0.4) is 0 Å². The molecule has 0 amide bonds. The van der Waals surface area contributed by atoms with Crippen molar-refractivity contribution < 1.29 is 9.53 Å². The van der Waals surface area contributed by atoms with Gasteiger partial charge in [0.2, 0.25) is 0 Å². The van der Waals surface area contributed by atoms with Gasteiger partial charge in [-0.2, -0.15) is 5.10 Å². The summed E-state index contributed by atoms with van der Waals surface area (Å²) in [4.78, 5) is 17.4. The van der Waals surface area contributed by atoms with E-state index in [4.69, 9.17) is 4.74 Å². The van der Waals surface area contributed by atoms with Crippen LogP contribution in [-0.2, 0) is 9.53 Å². The average Bonchev–Trinajstić information content (AvgIpc) is 2.75. The number of rotatable bonds is 4. The lowest BCUT2D eigenvalue weighted by molar-refractivity contribution is -0.141. The number of nitrogens with zero attached hydrogens (tertiary/aromatic N) is 4. The van der Waals surface area contributed by atoms with Gasteiger partial charge in [0.15, 0.2) is 5.65 Å². The first-order valence-corrected chi connectivity index (χ1v) is 5.38. The molecule has 0 atom stereocenters. The summed E-state index contributed by atoms with van der Waals surface area (Å²) in [6, 6.07) is 3.61. The molecule has 0 bridgehead atoms. The lowest BCUT2D eigenvalue weighted by Crippen LogP contribution is -2.27. The Bertz CT molecular complexity index is 523. The Labute approximate surface area is 98.8 Å². The Balaban J connectivity index is 2.12. The zero-order chi connectivity index (χ0) is 12.3. The van der Waals surface area contributed by atoms with Crippen LogP contribution >= 0.6 is 0 Å². The van der Waals surface area contributed by atoms with Gasteiger partial charge < -0.3 is 9.64 Å². The highest BCUT2D eigenvalue weighted by molar-refractivity contribution is 5.75. The van der Waals surface area contributed by atoms with Gasteiger partial charge in [0.05, 0.1) is 12.8 Å². The molecule has 0 radical (unpaired) electrons. The summed E-state index contributed by atoms with van der Waals surface area (Å²) < 4.78 is 6.55. The van der Waals surface area contributed by atoms with Crippen molar-refractivity contribution in [1.29, 1.82) is 0 Å². The van der Waals surface area contributed by atoms with Crippen LogP contribution in [0.25, 0.3) is 5.65 Å². The Morgan fingerprint density at radius 1 is 1.53 bits per heavy atom. The Kier molecular flexibility index (Phi) is 3.22. The number of anilines is 1. The number of aromatic nitrogens is 3. The fourth-order valence-corrected chi connectivity index (χ4v) is 1.50. The van der Waals surface area contributed by atoms with Gasteiger partial charge >= 0.3 is 5.97 Å². The summed E-state index contributed by atoms with van der Waals surface area (Å²) in [6.45, 7) is 2.36. The molecule has 17 heavy (non-hydrogen) atoms. The zero-order valence-corrected chi connectivity index (χ0v) is 9.83. The van der Waals surface area contributed by atoms with Crippen molar-refractivity contribution in [3.05, 3.63) is 24.5 Å². The van der Waals surface area contributed by atoms with Crippen molar-refractivity contribution in [2.45, 2.75) is 6.92 Å². The smallest absolute Gasteiger partial charge is 0.325 e. The Morgan fingerprint density at radius 2 is 2.35 bits per heavy atom. The second kappa shape index (κ2) is 4.82. The van der Waals surface area contributed by atoms with Crippen LogP contribution in [-0.4, -0.2) is 40.8 Å². The highest BCUT2D eigenvalue weighted by atomic mass is 16.5. The molecule has 0 aliphatic heterocycles. The lowest BCUT2D eigenvalue weighted by Gasteiger charge is -2.16. The van der Waals surface area contributed by atoms with E-state index in [9.17, 15) is 4.79 Å². The first-order chi connectivity index (χ1) is 8.20. The molecule has 0 N–H and O–H groups in total. The number of hydrogen-bond donors (Lipinski definition) is 0. The van der Waals surface area contributed by atoms with E-state index < -0.39 is 0 Å². The standard InChI is InChI=1S/C11H14N4O2/c1-3-17-11(16)8-14(2)9-5-7-15-10(13-9)4-6-12-15/h4-7H,3,8H2,1-2H3. The predicted molar refractivity (Wildman–Crippen MR) is 62.9 cm³/mol. The first kappa shape index (κ1) is 11.4. The van der Waals surface area contributed by atoms with E-state index in [0.717, 1.165) is 5.65 Å². The summed E-state index contributed by atoms with van der Waals surface area (Å²) in [7, 11) is 1.80. The SMILES string of the molecule is CCOC(=O)CN(C)c1ccn2nccc2n1. The molecule has 2 aromatic rings. The van der Waals surface area contributed by atoms with Crippen molar-refractivity contribution in [3.63, 3.8) is 0 Å². The van der Waals surface area contributed by atoms with Gasteiger partial charge in [-0.25, -0.2) is 9.50 Å². The minimum Gasteiger partial charge on any atom is -0.465 e. The van der Waals surface area contributed by atoms with Crippen molar-refractivity contribution in [2.24, 2.45) is 0 Å². The Hall–Kier alpha value is -2.11. The van der Waals surface area contributed by atoms with Crippen molar-refractivity contribution in [1.82, 2.24) is 14.6 Å². The fraction of sp³-hybridized carbons (Fsp3) is 0.364. The van der Waals surface area contributed by atoms with Crippen LogP contribution < -0.4 is 4.90 Å². The van der Waals surface area contributed by atoms with Gasteiger partial charge in [0.1, 0.15) is 12.4 Å². The highest BCUT2D eigenvalue weighted by Gasteiger charge is 2.09. The van der Waals surface area contributed by atoms with E-state index in [0.29, 0.717) is 12.4 Å². The van der Waals surface area contributed by atoms with Crippen LogP contribution in [0.4, 0.5) is 5.82 Å². The second-order valence-electron chi connectivity index (χ2n) is 3.58. The second-order valence-corrected chi connectivity index (χ2v) is 3.58. The van der Waals surface area contributed by atoms with Gasteiger partial charge in [-0.3, -0.25) is 4.79 Å². The van der Waals surface area contributed by atoms with Crippen LogP contribution in [0.2, 0.25) is 0 Å². The summed E-state index contributed by atoms with van der Waals surface area (Å²) in [5, 5.41) is 4.05. The molecule has 2 rings (SSSR count). The molecule has 0 saturated heterocycles. The molecule has 0 unspecified atom stereocenters. The van der Waals surface area contributed by atoms with Crippen LogP contribution in [0.15, 0.2) is 24.5 Å². The molecule has 0 saturated carbocycles. The molecule has 6 nitrogen and oxygen atoms in total. The predicted octanol–water partition coefficient (Wildman–Crippen LogP) is 0.729. The van der Waals surface area contributed by atoms with E-state index in [2.05, 4.69) is 10.1 Å². The van der Waals surface area contributed by atoms with Crippen molar-refractivity contribution >= 4 is 17.4 Å². The summed E-state index contributed by atoms with van der Waals surface area (Å²) in [6.07, 6.45) is 3.48. The summed E-state index contributed by atoms with van der Waals surface area (Å²) >= 11 is 0. The van der Waals surface area contributed by atoms with E-state index >= 15 is 0 Å². The van der Waals surface area contributed by atoms with E-state index in [1.54, 1.807) is 41.8 Å². The van der Waals surface area contributed by atoms with Gasteiger partial charge in [0.25, 0.3) is 0 Å². The summed E-state index contributed by atoms with van der Waals surface area (Å²) in [5.41, 5.74) is 0.748. The largest absolute Gasteiger partial charge is 0.465 e. The van der Waals surface area contributed by atoms with Crippen LogP contribution in [0.1, 0.15) is 6.92 Å². The molecule has 0 aliphatic rings. The number of esters is 1. The molecule has 0 aromatic carbocycles. The quantitative estimate of drug-likeness (QED) is 0.730. The van der Waals surface area contributed by atoms with Gasteiger partial charge in [-0.05, 0) is 13.0 Å². The third-order valence-electron chi connectivity index (χ3n) is 2.31. The Morgan fingerprint density at radius 3 is 3.12 bits per heavy atom. The summed E-state index contributed by atoms with van der Waals surface area (Å²) in [5.74, 6) is 0.455. The number of fused-ring (bicyclic) bond motifs is 1. The maximum absolute atomic E-state index is 11.3.